The summed E-state index contributed by atoms with van der Waals surface area (Å²) < 4.78 is 63.7. The Morgan fingerprint density at radius 2 is 1.08 bits per heavy atom. The van der Waals surface area contributed by atoms with Crippen LogP contribution in [0, 0.1) is 0 Å². The van der Waals surface area contributed by atoms with E-state index in [2.05, 4.69) is 13.2 Å². The summed E-state index contributed by atoms with van der Waals surface area (Å²) in [6.45, 7) is 10.8. The second kappa shape index (κ2) is 16.7. The summed E-state index contributed by atoms with van der Waals surface area (Å²) in [7, 11) is -8.24. The van der Waals surface area contributed by atoms with E-state index < -0.39 is 30.7 Å². The van der Waals surface area contributed by atoms with Gasteiger partial charge in [-0.15, -0.1) is 13.2 Å². The predicted octanol–water partition coefficient (Wildman–Crippen LogP) is 2.95. The van der Waals surface area contributed by atoms with Gasteiger partial charge in [-0.3, -0.25) is 0 Å². The molecule has 0 aliphatic heterocycles. The minimum Gasteiger partial charge on any atom is -0.748 e. The molecule has 0 saturated carbocycles. The Kier molecular flexibility index (Phi) is 20.3. The molecule has 0 bridgehead atoms. The van der Waals surface area contributed by atoms with Crippen molar-refractivity contribution < 1.29 is 25.9 Å². The second-order valence-electron chi connectivity index (χ2n) is 5.56. The summed E-state index contributed by atoms with van der Waals surface area (Å²) in [5, 5.41) is -1.54. The van der Waals surface area contributed by atoms with Gasteiger partial charge in [-0.2, -0.15) is 0 Å². The summed E-state index contributed by atoms with van der Waals surface area (Å²) in [5.74, 6) is 0. The Hall–Kier alpha value is 0.560. The summed E-state index contributed by atoms with van der Waals surface area (Å²) in [6.07, 6.45) is 7.78. The van der Waals surface area contributed by atoms with Crippen LogP contribution in [0.2, 0.25) is 0 Å². The molecule has 0 rings (SSSR count). The van der Waals surface area contributed by atoms with Crippen LogP contribution in [0.15, 0.2) is 25.3 Å². The molecule has 25 heavy (non-hydrogen) atoms. The minimum atomic E-state index is -4.12. The van der Waals surface area contributed by atoms with Gasteiger partial charge < -0.3 is 9.11 Å². The van der Waals surface area contributed by atoms with Crippen LogP contribution in [0.3, 0.4) is 0 Å². The van der Waals surface area contributed by atoms with E-state index in [9.17, 15) is 25.9 Å². The Morgan fingerprint density at radius 3 is 1.24 bits per heavy atom. The number of unbranched alkanes of at least 4 members (excludes halogenated alkanes) is 2. The molecule has 0 fully saturated rings. The molecule has 0 radical (unpaired) electrons. The Balaban J connectivity index is -0.000000372. The third-order valence-electron chi connectivity index (χ3n) is 3.43. The Bertz CT molecular complexity index is 493. The molecule has 0 N–H and O–H groups in total. The van der Waals surface area contributed by atoms with Crippen molar-refractivity contribution in [3.8, 4) is 0 Å². The fourth-order valence-corrected chi connectivity index (χ4v) is 3.65. The van der Waals surface area contributed by atoms with Crippen LogP contribution in [-0.4, -0.2) is 74.2 Å². The Morgan fingerprint density at radius 1 is 0.800 bits per heavy atom. The Labute approximate surface area is 183 Å². The topological polar surface area (TPSA) is 114 Å². The molecular weight excluding hydrogens is 392 g/mol. The van der Waals surface area contributed by atoms with Crippen LogP contribution >= 0.6 is 0 Å². The maximum atomic E-state index is 10.6. The van der Waals surface area contributed by atoms with Gasteiger partial charge in [0.1, 0.15) is 0 Å². The molecule has 0 aromatic heterocycles. The van der Waals surface area contributed by atoms with Crippen LogP contribution in [0.5, 0.6) is 0 Å². The van der Waals surface area contributed by atoms with Crippen molar-refractivity contribution in [2.24, 2.45) is 0 Å². The molecule has 0 aromatic carbocycles. The number of allylic oxidation sites excluding steroid dienone is 2. The van der Waals surface area contributed by atoms with E-state index in [1.807, 2.05) is 13.8 Å². The zero-order valence-corrected chi connectivity index (χ0v) is 19.2. The van der Waals surface area contributed by atoms with Gasteiger partial charge in [-0.25, -0.2) is 16.8 Å². The van der Waals surface area contributed by atoms with E-state index in [1.165, 1.54) is 12.2 Å². The average Bonchev–Trinajstić information content (AvgIpc) is 2.46. The molecule has 9 heteroatoms. The van der Waals surface area contributed by atoms with Gasteiger partial charge in [-0.1, -0.05) is 51.7 Å². The van der Waals surface area contributed by atoms with Crippen molar-refractivity contribution in [2.45, 2.75) is 75.7 Å². The normalized spacial score (nSPS) is 13.6. The first-order valence-electron chi connectivity index (χ1n) is 8.15. The number of rotatable bonds is 12. The fourth-order valence-electron chi connectivity index (χ4n) is 2.00. The molecule has 144 valence electrons. The maximum Gasteiger partial charge on any atom is 2.00 e. The molecule has 0 amide bonds. The van der Waals surface area contributed by atoms with E-state index >= 15 is 0 Å². The van der Waals surface area contributed by atoms with Crippen molar-refractivity contribution in [3.05, 3.63) is 25.3 Å². The van der Waals surface area contributed by atoms with Crippen molar-refractivity contribution in [1.29, 1.82) is 0 Å². The van der Waals surface area contributed by atoms with Crippen molar-refractivity contribution in [1.82, 2.24) is 0 Å². The van der Waals surface area contributed by atoms with Crippen LogP contribution in [0.4, 0.5) is 0 Å². The van der Waals surface area contributed by atoms with Gasteiger partial charge in [0.25, 0.3) is 0 Å². The summed E-state index contributed by atoms with van der Waals surface area (Å²) in [5.41, 5.74) is 0. The quantitative estimate of drug-likeness (QED) is 0.271. The van der Waals surface area contributed by atoms with E-state index in [1.54, 1.807) is 0 Å². The zero-order valence-electron chi connectivity index (χ0n) is 15.4. The summed E-state index contributed by atoms with van der Waals surface area (Å²) in [6, 6.07) is 0. The molecule has 0 aliphatic carbocycles. The van der Waals surface area contributed by atoms with E-state index in [4.69, 9.17) is 0 Å². The van der Waals surface area contributed by atoms with Gasteiger partial charge in [0, 0.05) is 0 Å². The predicted molar refractivity (Wildman–Crippen MR) is 101 cm³/mol. The third-order valence-corrected chi connectivity index (χ3v) is 5.92. The number of hydrogen-bond donors (Lipinski definition) is 0. The smallest absolute Gasteiger partial charge is 0.748 e. The minimum absolute atomic E-state index is 0. The summed E-state index contributed by atoms with van der Waals surface area (Å²) >= 11 is 0. The number of hydrogen-bond acceptors (Lipinski definition) is 6. The molecule has 0 heterocycles. The van der Waals surface area contributed by atoms with E-state index in [0.29, 0.717) is 12.8 Å². The van der Waals surface area contributed by atoms with Gasteiger partial charge in [-0.05, 0) is 25.7 Å². The van der Waals surface area contributed by atoms with Gasteiger partial charge in [0.05, 0.1) is 30.7 Å². The first-order chi connectivity index (χ1) is 11.0. The SMILES string of the molecule is C=CCC(CCCC)S(=O)(=O)[O-].C=CCC(CCCC)S(=O)(=O)[O-].[Ca+2]. The van der Waals surface area contributed by atoms with Gasteiger partial charge in [0.2, 0.25) is 0 Å². The first kappa shape index (κ1) is 30.3. The fraction of sp³-hybridized carbons (Fsp3) is 0.750. The average molecular weight is 423 g/mol. The van der Waals surface area contributed by atoms with E-state index in [0.717, 1.165) is 25.7 Å². The zero-order chi connectivity index (χ0) is 19.2. The van der Waals surface area contributed by atoms with Crippen LogP contribution in [0.25, 0.3) is 0 Å². The van der Waals surface area contributed by atoms with E-state index in [-0.39, 0.29) is 50.6 Å². The van der Waals surface area contributed by atoms with Gasteiger partial charge >= 0.3 is 37.7 Å². The molecule has 0 aliphatic rings. The van der Waals surface area contributed by atoms with Crippen LogP contribution < -0.4 is 0 Å². The first-order valence-corrected chi connectivity index (χ1v) is 11.1. The molecule has 0 aromatic rings. The van der Waals surface area contributed by atoms with Crippen LogP contribution in [0.1, 0.15) is 65.2 Å². The monoisotopic (exact) mass is 422 g/mol. The molecule has 2 atom stereocenters. The molecule has 2 unspecified atom stereocenters. The maximum absolute atomic E-state index is 10.6. The summed E-state index contributed by atoms with van der Waals surface area (Å²) in [4.78, 5) is 0. The second-order valence-corrected chi connectivity index (χ2v) is 8.87. The van der Waals surface area contributed by atoms with Crippen molar-refractivity contribution in [3.63, 3.8) is 0 Å². The molecule has 6 nitrogen and oxygen atoms in total. The van der Waals surface area contributed by atoms with Crippen molar-refractivity contribution in [2.75, 3.05) is 0 Å². The third kappa shape index (κ3) is 17.7. The molecular formula is C16H30CaO6S2. The molecule has 0 saturated heterocycles. The van der Waals surface area contributed by atoms with Gasteiger partial charge in [0.15, 0.2) is 0 Å². The van der Waals surface area contributed by atoms with Crippen LogP contribution in [-0.2, 0) is 20.2 Å². The van der Waals surface area contributed by atoms with Crippen molar-refractivity contribution >= 4 is 58.0 Å². The largest absolute Gasteiger partial charge is 2.00 e. The standard InChI is InChI=1S/2C8H16O3S.Ca/c2*1-3-5-7-8(6-4-2)12(9,10)11;/h2*4,8H,2-3,5-7H2,1H3,(H,9,10,11);/q;;+2/p-2. The molecule has 0 spiro atoms.